The van der Waals surface area contributed by atoms with Gasteiger partial charge in [-0.3, -0.25) is 0 Å². The lowest BCUT2D eigenvalue weighted by atomic mass is 9.80. The van der Waals surface area contributed by atoms with E-state index >= 15 is 0 Å². The smallest absolute Gasteiger partial charge is 0.0130 e. The molecule has 3 aliphatic carbocycles. The quantitative estimate of drug-likeness (QED) is 0.440. The van der Waals surface area contributed by atoms with Gasteiger partial charge < -0.3 is 0 Å². The highest BCUT2D eigenvalue weighted by Crippen LogP contribution is 2.39. The van der Waals surface area contributed by atoms with Crippen LogP contribution in [0.15, 0.2) is 82.0 Å². The normalized spacial score (nSPS) is 20.7. The highest BCUT2D eigenvalue weighted by atomic mass is 127. The summed E-state index contributed by atoms with van der Waals surface area (Å²) in [7, 11) is 0. The number of rotatable bonds is 1. The van der Waals surface area contributed by atoms with Crippen molar-refractivity contribution in [2.75, 3.05) is 0 Å². The zero-order valence-corrected chi connectivity index (χ0v) is 16.2. The summed E-state index contributed by atoms with van der Waals surface area (Å²) in [6.07, 6.45) is 15.0. The maximum atomic E-state index is 2.43. The number of halogens is 1. The van der Waals surface area contributed by atoms with Gasteiger partial charge in [-0.2, -0.15) is 0 Å². The van der Waals surface area contributed by atoms with Crippen molar-refractivity contribution in [3.63, 3.8) is 0 Å². The van der Waals surface area contributed by atoms with Gasteiger partial charge in [0.15, 0.2) is 0 Å². The Labute approximate surface area is 162 Å². The van der Waals surface area contributed by atoms with Crippen molar-refractivity contribution in [3.05, 3.63) is 98.7 Å². The SMILES string of the molecule is IC1=CC2=CC=C(c3ccc4c(c3)CCc3ccccc3-4)CC2C=C1. The largest absolute Gasteiger partial charge is 0.0756 e. The topological polar surface area (TPSA) is 0 Å². The molecule has 0 amide bonds. The van der Waals surface area contributed by atoms with Gasteiger partial charge in [0.2, 0.25) is 0 Å². The fourth-order valence-electron chi connectivity index (χ4n) is 4.24. The van der Waals surface area contributed by atoms with Gasteiger partial charge in [-0.1, -0.05) is 66.8 Å². The molecule has 2 aromatic rings. The molecule has 0 N–H and O–H groups in total. The maximum absolute atomic E-state index is 2.43. The maximum Gasteiger partial charge on any atom is 0.0130 e. The molecule has 2 aromatic carbocycles. The van der Waals surface area contributed by atoms with Crippen LogP contribution in [-0.4, -0.2) is 0 Å². The predicted molar refractivity (Wildman–Crippen MR) is 115 cm³/mol. The van der Waals surface area contributed by atoms with Crippen molar-refractivity contribution in [2.24, 2.45) is 5.92 Å². The van der Waals surface area contributed by atoms with E-state index in [1.165, 1.54) is 42.5 Å². The van der Waals surface area contributed by atoms with Gasteiger partial charge in [-0.15, -0.1) is 0 Å². The summed E-state index contributed by atoms with van der Waals surface area (Å²) >= 11 is 2.40. The van der Waals surface area contributed by atoms with E-state index in [2.05, 4.69) is 95.4 Å². The molecule has 0 spiro atoms. The molecule has 0 heterocycles. The van der Waals surface area contributed by atoms with E-state index in [4.69, 9.17) is 0 Å². The van der Waals surface area contributed by atoms with Crippen LogP contribution < -0.4 is 0 Å². The van der Waals surface area contributed by atoms with E-state index in [1.807, 2.05) is 0 Å². The highest BCUT2D eigenvalue weighted by molar-refractivity contribution is 14.1. The molecule has 0 bridgehead atoms. The van der Waals surface area contributed by atoms with Crippen LogP contribution in [0.4, 0.5) is 0 Å². The number of aryl methyl sites for hydroxylation is 2. The molecule has 1 unspecified atom stereocenters. The zero-order valence-electron chi connectivity index (χ0n) is 14.0. The molecule has 1 heteroatoms. The summed E-state index contributed by atoms with van der Waals surface area (Å²) in [5, 5.41) is 0. The summed E-state index contributed by atoms with van der Waals surface area (Å²) in [6.45, 7) is 0. The van der Waals surface area contributed by atoms with Crippen LogP contribution in [0.3, 0.4) is 0 Å². The summed E-state index contributed by atoms with van der Waals surface area (Å²) in [6, 6.07) is 15.9. The zero-order chi connectivity index (χ0) is 16.8. The summed E-state index contributed by atoms with van der Waals surface area (Å²) in [5.74, 6) is 0.537. The van der Waals surface area contributed by atoms with E-state index < -0.39 is 0 Å². The molecule has 25 heavy (non-hydrogen) atoms. The van der Waals surface area contributed by atoms with E-state index in [-0.39, 0.29) is 0 Å². The average Bonchev–Trinajstić information content (AvgIpc) is 2.67. The van der Waals surface area contributed by atoms with Crippen molar-refractivity contribution < 1.29 is 0 Å². The minimum atomic E-state index is 0.537. The van der Waals surface area contributed by atoms with Crippen molar-refractivity contribution in [3.8, 4) is 11.1 Å². The first-order valence-corrected chi connectivity index (χ1v) is 10.0. The third-order valence-electron chi connectivity index (χ3n) is 5.58. The van der Waals surface area contributed by atoms with Gasteiger partial charge in [-0.05, 0) is 86.9 Å². The molecule has 0 aromatic heterocycles. The Bertz CT molecular complexity index is 985. The van der Waals surface area contributed by atoms with Gasteiger partial charge in [0.1, 0.15) is 0 Å². The molecular formula is C24H19I. The monoisotopic (exact) mass is 434 g/mol. The van der Waals surface area contributed by atoms with Crippen LogP contribution in [0.25, 0.3) is 16.7 Å². The lowest BCUT2D eigenvalue weighted by molar-refractivity contribution is 0.792. The Kier molecular flexibility index (Phi) is 3.78. The molecule has 0 aliphatic heterocycles. The Morgan fingerprint density at radius 1 is 0.880 bits per heavy atom. The standard InChI is InChI=1S/C24H19I/c25-22-11-9-18-13-17(6-7-20(18)15-22)19-10-12-24-21(14-19)8-5-16-3-1-2-4-23(16)24/h1-4,6-7,9-12,14-15,18H,5,8,13H2. The Morgan fingerprint density at radius 2 is 1.72 bits per heavy atom. The second-order valence-corrected chi connectivity index (χ2v) is 8.33. The Hall–Kier alpha value is -1.87. The average molecular weight is 434 g/mol. The van der Waals surface area contributed by atoms with E-state index in [9.17, 15) is 0 Å². The van der Waals surface area contributed by atoms with Gasteiger partial charge in [0.25, 0.3) is 0 Å². The highest BCUT2D eigenvalue weighted by Gasteiger charge is 2.21. The van der Waals surface area contributed by atoms with Crippen molar-refractivity contribution in [1.82, 2.24) is 0 Å². The summed E-state index contributed by atoms with van der Waals surface area (Å²) < 4.78 is 1.32. The van der Waals surface area contributed by atoms with E-state index in [0.29, 0.717) is 5.92 Å². The minimum absolute atomic E-state index is 0.537. The van der Waals surface area contributed by atoms with E-state index in [1.54, 1.807) is 0 Å². The molecular weight excluding hydrogens is 415 g/mol. The molecule has 5 rings (SSSR count). The van der Waals surface area contributed by atoms with E-state index in [0.717, 1.165) is 19.3 Å². The van der Waals surface area contributed by atoms with Crippen LogP contribution in [0.5, 0.6) is 0 Å². The molecule has 3 aliphatic rings. The first-order chi connectivity index (χ1) is 12.3. The van der Waals surface area contributed by atoms with Gasteiger partial charge in [0, 0.05) is 9.50 Å². The molecule has 0 fully saturated rings. The summed E-state index contributed by atoms with van der Waals surface area (Å²) in [5.41, 5.74) is 10.1. The molecule has 0 saturated heterocycles. The number of hydrogen-bond donors (Lipinski definition) is 0. The van der Waals surface area contributed by atoms with Gasteiger partial charge in [0.05, 0.1) is 0 Å². The first kappa shape index (κ1) is 15.4. The van der Waals surface area contributed by atoms with Crippen LogP contribution >= 0.6 is 22.6 Å². The lowest BCUT2D eigenvalue weighted by Gasteiger charge is -2.25. The number of benzene rings is 2. The fraction of sp³-hybridized carbons (Fsp3) is 0.167. The van der Waals surface area contributed by atoms with Crippen molar-refractivity contribution in [2.45, 2.75) is 19.3 Å². The third kappa shape index (κ3) is 2.75. The molecule has 0 radical (unpaired) electrons. The fourth-order valence-corrected chi connectivity index (χ4v) is 4.81. The molecule has 0 saturated carbocycles. The van der Waals surface area contributed by atoms with Gasteiger partial charge >= 0.3 is 0 Å². The van der Waals surface area contributed by atoms with Crippen molar-refractivity contribution in [1.29, 1.82) is 0 Å². The summed E-state index contributed by atoms with van der Waals surface area (Å²) in [4.78, 5) is 0. The van der Waals surface area contributed by atoms with Crippen LogP contribution in [0.1, 0.15) is 23.1 Å². The second-order valence-electron chi connectivity index (χ2n) is 7.09. The Morgan fingerprint density at radius 3 is 2.68 bits per heavy atom. The molecule has 122 valence electrons. The minimum Gasteiger partial charge on any atom is -0.0756 e. The number of allylic oxidation sites excluding steroid dienone is 8. The number of hydrogen-bond acceptors (Lipinski definition) is 0. The molecule has 0 nitrogen and oxygen atoms in total. The van der Waals surface area contributed by atoms with Crippen LogP contribution in [-0.2, 0) is 12.8 Å². The number of fused-ring (bicyclic) bond motifs is 4. The second kappa shape index (κ2) is 6.14. The van der Waals surface area contributed by atoms with Crippen LogP contribution in [0.2, 0.25) is 0 Å². The lowest BCUT2D eigenvalue weighted by Crippen LogP contribution is -2.08. The van der Waals surface area contributed by atoms with Crippen molar-refractivity contribution >= 4 is 28.2 Å². The van der Waals surface area contributed by atoms with Crippen LogP contribution in [0, 0.1) is 5.92 Å². The first-order valence-electron chi connectivity index (χ1n) is 8.96. The Balaban J connectivity index is 1.52. The predicted octanol–water partition coefficient (Wildman–Crippen LogP) is 6.67. The third-order valence-corrected chi connectivity index (χ3v) is 6.26. The van der Waals surface area contributed by atoms with Gasteiger partial charge in [-0.25, -0.2) is 0 Å². The molecule has 1 atom stereocenters.